The van der Waals surface area contributed by atoms with Gasteiger partial charge in [0.25, 0.3) is 0 Å². The Morgan fingerprint density at radius 1 is 0.583 bits per heavy atom. The van der Waals surface area contributed by atoms with Crippen molar-refractivity contribution in [3.63, 3.8) is 0 Å². The van der Waals surface area contributed by atoms with Crippen LogP contribution in [0.3, 0.4) is 0 Å². The van der Waals surface area contributed by atoms with E-state index in [1.165, 1.54) is 10.4 Å². The summed E-state index contributed by atoms with van der Waals surface area (Å²) >= 11 is 0. The van der Waals surface area contributed by atoms with E-state index in [0.717, 1.165) is 5.75 Å². The van der Waals surface area contributed by atoms with Crippen molar-refractivity contribution in [3.8, 4) is 5.75 Å². The number of benzene rings is 3. The van der Waals surface area contributed by atoms with E-state index in [0.29, 0.717) is 0 Å². The Bertz CT molecular complexity index is 722. The maximum atomic E-state index is 6.88. The summed E-state index contributed by atoms with van der Waals surface area (Å²) in [5.74, 6) is 0.937. The van der Waals surface area contributed by atoms with Crippen LogP contribution in [0.4, 0.5) is 0 Å². The summed E-state index contributed by atoms with van der Waals surface area (Å²) in [6.45, 7) is 6.88. The van der Waals surface area contributed by atoms with Crippen LogP contribution >= 0.6 is 0 Å². The quantitative estimate of drug-likeness (QED) is 0.633. The van der Waals surface area contributed by atoms with Crippen molar-refractivity contribution < 1.29 is 4.43 Å². The lowest BCUT2D eigenvalue weighted by atomic mass is 10.2. The SMILES string of the molecule is CC(C)(C)[Si](Oc1ccccc1)(c1ccccc1)c1ccccc1. The predicted octanol–water partition coefficient (Wildman–Crippen LogP) is 4.63. The molecule has 0 aliphatic heterocycles. The molecule has 3 rings (SSSR count). The lowest BCUT2D eigenvalue weighted by Gasteiger charge is -2.43. The molecule has 1 nitrogen and oxygen atoms in total. The molecule has 122 valence electrons. The van der Waals surface area contributed by atoms with E-state index in [-0.39, 0.29) is 5.04 Å². The van der Waals surface area contributed by atoms with Gasteiger partial charge in [0.05, 0.1) is 0 Å². The molecule has 0 aromatic heterocycles. The summed E-state index contributed by atoms with van der Waals surface area (Å²) in [5, 5.41) is 2.59. The van der Waals surface area contributed by atoms with Crippen molar-refractivity contribution >= 4 is 18.7 Å². The molecule has 0 atom stereocenters. The first kappa shape index (κ1) is 16.5. The van der Waals surface area contributed by atoms with Gasteiger partial charge >= 0.3 is 8.32 Å². The largest absolute Gasteiger partial charge is 0.534 e. The first-order chi connectivity index (χ1) is 11.5. The van der Waals surface area contributed by atoms with Gasteiger partial charge in [0.1, 0.15) is 5.75 Å². The highest BCUT2D eigenvalue weighted by Crippen LogP contribution is 2.37. The minimum Gasteiger partial charge on any atom is -0.534 e. The Morgan fingerprint density at radius 3 is 1.33 bits per heavy atom. The van der Waals surface area contributed by atoms with Gasteiger partial charge in [-0.2, -0.15) is 0 Å². The standard InChI is InChI=1S/C22H24OSi/c1-22(2,3)24(20-15-9-5-10-16-20,21-17-11-6-12-18-21)23-19-13-7-4-8-14-19/h4-18H,1-3H3. The van der Waals surface area contributed by atoms with Gasteiger partial charge < -0.3 is 4.43 Å². The zero-order valence-electron chi connectivity index (χ0n) is 14.6. The van der Waals surface area contributed by atoms with Gasteiger partial charge in [-0.1, -0.05) is 99.6 Å². The third kappa shape index (κ3) is 3.02. The van der Waals surface area contributed by atoms with Crippen LogP contribution in [-0.4, -0.2) is 8.32 Å². The second-order valence-electron chi connectivity index (χ2n) is 7.08. The molecule has 0 radical (unpaired) electrons. The molecule has 0 fully saturated rings. The monoisotopic (exact) mass is 332 g/mol. The second kappa shape index (κ2) is 6.66. The van der Waals surface area contributed by atoms with Gasteiger partial charge in [0.15, 0.2) is 0 Å². The fourth-order valence-electron chi connectivity index (χ4n) is 3.31. The van der Waals surface area contributed by atoms with Gasteiger partial charge in [-0.25, -0.2) is 0 Å². The first-order valence-electron chi connectivity index (χ1n) is 8.39. The molecule has 0 saturated carbocycles. The molecule has 0 spiro atoms. The van der Waals surface area contributed by atoms with E-state index >= 15 is 0 Å². The van der Waals surface area contributed by atoms with Crippen LogP contribution in [0.5, 0.6) is 5.75 Å². The summed E-state index contributed by atoms with van der Waals surface area (Å²) in [6.07, 6.45) is 0. The highest BCUT2D eigenvalue weighted by Gasteiger charge is 2.52. The summed E-state index contributed by atoms with van der Waals surface area (Å²) in [6, 6.07) is 31.6. The second-order valence-corrected chi connectivity index (χ2v) is 11.3. The van der Waals surface area contributed by atoms with Crippen molar-refractivity contribution in [2.45, 2.75) is 25.8 Å². The topological polar surface area (TPSA) is 9.23 Å². The molecular weight excluding hydrogens is 308 g/mol. The fraction of sp³-hybridized carbons (Fsp3) is 0.182. The Labute approximate surface area is 146 Å². The average Bonchev–Trinajstić information content (AvgIpc) is 2.61. The normalized spacial score (nSPS) is 12.0. The molecule has 2 heteroatoms. The minimum absolute atomic E-state index is 0.00838. The molecule has 0 unspecified atom stereocenters. The van der Waals surface area contributed by atoms with E-state index in [4.69, 9.17) is 4.43 Å². The Kier molecular flexibility index (Phi) is 4.59. The summed E-state index contributed by atoms with van der Waals surface area (Å²) in [7, 11) is -2.49. The highest BCUT2D eigenvalue weighted by atomic mass is 28.4. The van der Waals surface area contributed by atoms with E-state index < -0.39 is 8.32 Å². The highest BCUT2D eigenvalue weighted by molar-refractivity contribution is 7.00. The van der Waals surface area contributed by atoms with Crippen molar-refractivity contribution in [1.29, 1.82) is 0 Å². The van der Waals surface area contributed by atoms with E-state index in [2.05, 4.69) is 93.6 Å². The number of hydrogen-bond donors (Lipinski definition) is 0. The molecule has 0 heterocycles. The van der Waals surface area contributed by atoms with E-state index in [1.54, 1.807) is 0 Å². The van der Waals surface area contributed by atoms with Crippen molar-refractivity contribution in [2.75, 3.05) is 0 Å². The zero-order valence-corrected chi connectivity index (χ0v) is 15.6. The predicted molar refractivity (Wildman–Crippen MR) is 105 cm³/mol. The molecule has 3 aromatic rings. The van der Waals surface area contributed by atoms with Gasteiger partial charge in [0, 0.05) is 0 Å². The molecular formula is C22H24OSi. The molecule has 3 aromatic carbocycles. The first-order valence-corrected chi connectivity index (χ1v) is 10.3. The molecule has 0 amide bonds. The number of para-hydroxylation sites is 1. The Hall–Kier alpha value is -2.32. The van der Waals surface area contributed by atoms with Gasteiger partial charge in [-0.05, 0) is 27.5 Å². The smallest absolute Gasteiger partial charge is 0.319 e. The van der Waals surface area contributed by atoms with Crippen molar-refractivity contribution in [2.24, 2.45) is 0 Å². The number of hydrogen-bond acceptors (Lipinski definition) is 1. The third-order valence-electron chi connectivity index (χ3n) is 4.43. The Balaban J connectivity index is 2.25. The van der Waals surface area contributed by atoms with E-state index in [1.807, 2.05) is 18.2 Å². The Morgan fingerprint density at radius 2 is 0.958 bits per heavy atom. The lowest BCUT2D eigenvalue weighted by Crippen LogP contribution is -2.68. The molecule has 0 N–H and O–H groups in total. The van der Waals surface area contributed by atoms with Crippen LogP contribution in [0.25, 0.3) is 0 Å². The summed E-state index contributed by atoms with van der Waals surface area (Å²) in [5.41, 5.74) is 0. The average molecular weight is 333 g/mol. The van der Waals surface area contributed by atoms with Gasteiger partial charge in [-0.3, -0.25) is 0 Å². The maximum Gasteiger partial charge on any atom is 0.319 e. The number of rotatable bonds is 4. The molecule has 0 aliphatic rings. The van der Waals surface area contributed by atoms with Gasteiger partial charge in [-0.15, -0.1) is 0 Å². The molecule has 24 heavy (non-hydrogen) atoms. The van der Waals surface area contributed by atoms with Crippen LogP contribution in [0.15, 0.2) is 91.0 Å². The zero-order chi connectivity index (χ0) is 17.0. The van der Waals surface area contributed by atoms with Crippen LogP contribution < -0.4 is 14.8 Å². The van der Waals surface area contributed by atoms with Crippen molar-refractivity contribution in [1.82, 2.24) is 0 Å². The van der Waals surface area contributed by atoms with Crippen LogP contribution in [0.1, 0.15) is 20.8 Å². The summed E-state index contributed by atoms with van der Waals surface area (Å²) < 4.78 is 6.88. The van der Waals surface area contributed by atoms with E-state index in [9.17, 15) is 0 Å². The molecule has 0 aliphatic carbocycles. The third-order valence-corrected chi connectivity index (χ3v) is 9.38. The maximum absolute atomic E-state index is 6.88. The van der Waals surface area contributed by atoms with Gasteiger partial charge in [0.2, 0.25) is 0 Å². The van der Waals surface area contributed by atoms with Crippen molar-refractivity contribution in [3.05, 3.63) is 91.0 Å². The molecule has 0 saturated heterocycles. The van der Waals surface area contributed by atoms with Crippen LogP contribution in [0, 0.1) is 0 Å². The van der Waals surface area contributed by atoms with Crippen LogP contribution in [-0.2, 0) is 0 Å². The fourth-order valence-corrected chi connectivity index (χ4v) is 7.74. The lowest BCUT2D eigenvalue weighted by molar-refractivity contribution is 0.508. The summed E-state index contributed by atoms with van der Waals surface area (Å²) in [4.78, 5) is 0. The molecule has 0 bridgehead atoms. The minimum atomic E-state index is -2.49. The van der Waals surface area contributed by atoms with Crippen LogP contribution in [0.2, 0.25) is 5.04 Å².